The summed E-state index contributed by atoms with van der Waals surface area (Å²) < 4.78 is 16.7. The van der Waals surface area contributed by atoms with Gasteiger partial charge in [0.2, 0.25) is 0 Å². The van der Waals surface area contributed by atoms with Crippen molar-refractivity contribution in [2.45, 2.75) is 232 Å². The Balaban J connectivity index is 4.43. The van der Waals surface area contributed by atoms with E-state index >= 15 is 0 Å². The fourth-order valence-corrected chi connectivity index (χ4v) is 6.51. The van der Waals surface area contributed by atoms with Crippen LogP contribution in [0.25, 0.3) is 0 Å². The number of ether oxygens (including phenoxy) is 3. The van der Waals surface area contributed by atoms with Crippen LogP contribution in [0.2, 0.25) is 0 Å². The first-order valence-corrected chi connectivity index (χ1v) is 24.5. The Labute approximate surface area is 363 Å². The van der Waals surface area contributed by atoms with Gasteiger partial charge in [0.05, 0.1) is 0 Å². The minimum atomic E-state index is -0.804. The summed E-state index contributed by atoms with van der Waals surface area (Å²) in [4.78, 5) is 37.8. The molecule has 0 saturated heterocycles. The van der Waals surface area contributed by atoms with E-state index in [0.717, 1.165) is 89.9 Å². The molecule has 338 valence electrons. The van der Waals surface area contributed by atoms with E-state index in [0.29, 0.717) is 19.3 Å². The third-order valence-electron chi connectivity index (χ3n) is 10.2. The normalized spacial score (nSPS) is 12.7. The van der Waals surface area contributed by atoms with Gasteiger partial charge in [-0.1, -0.05) is 184 Å². The lowest BCUT2D eigenvalue weighted by atomic mass is 10.1. The number of allylic oxidation sites excluding steroid dienone is 12. The van der Waals surface area contributed by atoms with Gasteiger partial charge in [0.25, 0.3) is 0 Å². The smallest absolute Gasteiger partial charge is 0.306 e. The Kier molecular flexibility index (Phi) is 45.0. The Bertz CT molecular complexity index is 1130. The van der Waals surface area contributed by atoms with Crippen LogP contribution in [0.15, 0.2) is 72.9 Å². The third-order valence-corrected chi connectivity index (χ3v) is 10.2. The highest BCUT2D eigenvalue weighted by atomic mass is 16.6. The molecule has 0 aliphatic rings. The molecule has 0 aliphatic carbocycles. The predicted molar refractivity (Wildman–Crippen MR) is 251 cm³/mol. The van der Waals surface area contributed by atoms with Gasteiger partial charge in [-0.05, 0) is 96.3 Å². The summed E-state index contributed by atoms with van der Waals surface area (Å²) in [5, 5.41) is 0. The van der Waals surface area contributed by atoms with Crippen molar-refractivity contribution in [1.29, 1.82) is 0 Å². The second kappa shape index (κ2) is 47.5. The number of hydrogen-bond donors (Lipinski definition) is 0. The van der Waals surface area contributed by atoms with Crippen LogP contribution in [-0.2, 0) is 28.6 Å². The predicted octanol–water partition coefficient (Wildman–Crippen LogP) is 15.9. The van der Waals surface area contributed by atoms with E-state index in [1.807, 2.05) is 0 Å². The largest absolute Gasteiger partial charge is 0.462 e. The lowest BCUT2D eigenvalue weighted by Gasteiger charge is -2.18. The molecule has 0 radical (unpaired) electrons. The van der Waals surface area contributed by atoms with E-state index < -0.39 is 6.10 Å². The number of carbonyl (C=O) groups excluding carboxylic acids is 3. The maximum atomic E-state index is 12.7. The summed E-state index contributed by atoms with van der Waals surface area (Å²) in [6.07, 6.45) is 59.0. The summed E-state index contributed by atoms with van der Waals surface area (Å²) in [7, 11) is 0. The van der Waals surface area contributed by atoms with Gasteiger partial charge in [0, 0.05) is 19.3 Å². The highest BCUT2D eigenvalue weighted by molar-refractivity contribution is 5.71. The van der Waals surface area contributed by atoms with Crippen LogP contribution in [-0.4, -0.2) is 37.2 Å². The van der Waals surface area contributed by atoms with Crippen LogP contribution in [0.1, 0.15) is 226 Å². The Morgan fingerprint density at radius 1 is 0.373 bits per heavy atom. The zero-order chi connectivity index (χ0) is 43.0. The number of esters is 3. The second-order valence-electron chi connectivity index (χ2n) is 16.0. The van der Waals surface area contributed by atoms with Gasteiger partial charge in [0.15, 0.2) is 6.10 Å². The Morgan fingerprint density at radius 3 is 1.25 bits per heavy atom. The number of carbonyl (C=O) groups is 3. The molecule has 0 fully saturated rings. The van der Waals surface area contributed by atoms with Crippen molar-refractivity contribution in [2.75, 3.05) is 13.2 Å². The molecule has 0 rings (SSSR count). The van der Waals surface area contributed by atoms with Crippen molar-refractivity contribution < 1.29 is 28.6 Å². The van der Waals surface area contributed by atoms with Crippen molar-refractivity contribution in [3.63, 3.8) is 0 Å². The van der Waals surface area contributed by atoms with Crippen LogP contribution in [0.4, 0.5) is 0 Å². The van der Waals surface area contributed by atoms with Crippen LogP contribution in [0.5, 0.6) is 0 Å². The van der Waals surface area contributed by atoms with E-state index in [9.17, 15) is 14.4 Å². The first-order valence-electron chi connectivity index (χ1n) is 24.5. The molecule has 59 heavy (non-hydrogen) atoms. The maximum absolute atomic E-state index is 12.7. The lowest BCUT2D eigenvalue weighted by Crippen LogP contribution is -2.30. The average Bonchev–Trinajstić information content (AvgIpc) is 3.23. The molecule has 6 nitrogen and oxygen atoms in total. The van der Waals surface area contributed by atoms with Gasteiger partial charge < -0.3 is 14.2 Å². The van der Waals surface area contributed by atoms with Crippen molar-refractivity contribution in [2.24, 2.45) is 0 Å². The standard InChI is InChI=1S/C53H90O6/c1-4-7-10-13-16-19-21-23-25-27-29-31-34-37-40-43-46-52(55)58-49-50(48-57-51(54)45-42-39-36-33-18-15-12-9-6-3)59-53(56)47-44-41-38-35-32-30-28-26-24-22-20-17-14-11-8-5-2/h7,10,16,19,23,25-26,28,30,32-33,36,50H,4-6,8-9,11-15,17-18,20-22,24,27,29,31,34-35,37-49H2,1-3H3/b10-7-,19-16-,25-23-,28-26-,32-30-,36-33-. The summed E-state index contributed by atoms with van der Waals surface area (Å²) >= 11 is 0. The van der Waals surface area contributed by atoms with E-state index in [2.05, 4.69) is 93.7 Å². The van der Waals surface area contributed by atoms with Crippen molar-refractivity contribution in [3.8, 4) is 0 Å². The maximum Gasteiger partial charge on any atom is 0.306 e. The molecule has 0 aliphatic heterocycles. The summed E-state index contributed by atoms with van der Waals surface area (Å²) in [5.74, 6) is -0.980. The van der Waals surface area contributed by atoms with Gasteiger partial charge in [-0.15, -0.1) is 0 Å². The first-order chi connectivity index (χ1) is 29.0. The van der Waals surface area contributed by atoms with Crippen LogP contribution in [0.3, 0.4) is 0 Å². The fourth-order valence-electron chi connectivity index (χ4n) is 6.51. The molecular weight excluding hydrogens is 733 g/mol. The van der Waals surface area contributed by atoms with Crippen molar-refractivity contribution >= 4 is 17.9 Å². The zero-order valence-corrected chi connectivity index (χ0v) is 38.5. The molecule has 0 amide bonds. The molecule has 0 aromatic carbocycles. The number of unbranched alkanes of at least 4 members (excludes halogenated alkanes) is 21. The number of hydrogen-bond acceptors (Lipinski definition) is 6. The van der Waals surface area contributed by atoms with E-state index in [4.69, 9.17) is 14.2 Å². The molecule has 0 aromatic rings. The van der Waals surface area contributed by atoms with Crippen LogP contribution >= 0.6 is 0 Å². The van der Waals surface area contributed by atoms with E-state index in [1.54, 1.807) is 0 Å². The molecule has 0 N–H and O–H groups in total. The molecule has 0 bridgehead atoms. The fraction of sp³-hybridized carbons (Fsp3) is 0.717. The van der Waals surface area contributed by atoms with Gasteiger partial charge in [-0.2, -0.15) is 0 Å². The van der Waals surface area contributed by atoms with Gasteiger partial charge >= 0.3 is 17.9 Å². The van der Waals surface area contributed by atoms with Gasteiger partial charge in [-0.3, -0.25) is 14.4 Å². The summed E-state index contributed by atoms with van der Waals surface area (Å²) in [5.41, 5.74) is 0. The number of rotatable bonds is 43. The Morgan fingerprint density at radius 2 is 0.729 bits per heavy atom. The van der Waals surface area contributed by atoms with Crippen LogP contribution in [0, 0.1) is 0 Å². The lowest BCUT2D eigenvalue weighted by molar-refractivity contribution is -0.167. The molecule has 0 saturated carbocycles. The zero-order valence-electron chi connectivity index (χ0n) is 38.5. The monoisotopic (exact) mass is 823 g/mol. The van der Waals surface area contributed by atoms with E-state index in [-0.39, 0.29) is 37.5 Å². The molecule has 0 spiro atoms. The topological polar surface area (TPSA) is 78.9 Å². The SMILES string of the molecule is CC/C=C\C/C=C\C/C=C\CCCCCCCCC(=O)OCC(COC(=O)CCC/C=C\CCCCCC)OC(=O)CCCCC/C=C\C=C/CCCCCCCCC. The Hall–Kier alpha value is -3.15. The van der Waals surface area contributed by atoms with Gasteiger partial charge in [0.1, 0.15) is 13.2 Å². The average molecular weight is 823 g/mol. The van der Waals surface area contributed by atoms with Crippen LogP contribution < -0.4 is 0 Å². The molecule has 1 unspecified atom stereocenters. The molecule has 1 atom stereocenters. The van der Waals surface area contributed by atoms with Gasteiger partial charge in [-0.25, -0.2) is 0 Å². The third kappa shape index (κ3) is 45.8. The van der Waals surface area contributed by atoms with Crippen molar-refractivity contribution in [1.82, 2.24) is 0 Å². The first kappa shape index (κ1) is 55.9. The minimum Gasteiger partial charge on any atom is -0.462 e. The highest BCUT2D eigenvalue weighted by Gasteiger charge is 2.19. The summed E-state index contributed by atoms with van der Waals surface area (Å²) in [6, 6.07) is 0. The molecular formula is C53H90O6. The quantitative estimate of drug-likeness (QED) is 0.0200. The highest BCUT2D eigenvalue weighted by Crippen LogP contribution is 2.13. The molecule has 0 aromatic heterocycles. The summed E-state index contributed by atoms with van der Waals surface area (Å²) in [6.45, 7) is 6.42. The minimum absolute atomic E-state index is 0.102. The van der Waals surface area contributed by atoms with Crippen molar-refractivity contribution in [3.05, 3.63) is 72.9 Å². The molecule has 6 heteroatoms. The second-order valence-corrected chi connectivity index (χ2v) is 16.0. The van der Waals surface area contributed by atoms with E-state index in [1.165, 1.54) is 89.9 Å². The molecule has 0 heterocycles.